The number of hydrogen-bond acceptors (Lipinski definition) is 7. The lowest BCUT2D eigenvalue weighted by Crippen LogP contribution is -2.37. The highest BCUT2D eigenvalue weighted by atomic mass is 32.2. The Hall–Kier alpha value is -3.12. The van der Waals surface area contributed by atoms with E-state index in [1.54, 1.807) is 19.1 Å². The summed E-state index contributed by atoms with van der Waals surface area (Å²) in [4.78, 5) is 16.1. The molecule has 0 saturated heterocycles. The Balaban J connectivity index is 1.97. The molecule has 8 nitrogen and oxygen atoms in total. The average Bonchev–Trinajstić information content (AvgIpc) is 2.78. The third-order valence-electron chi connectivity index (χ3n) is 5.18. The van der Waals surface area contributed by atoms with Crippen LogP contribution in [-0.4, -0.2) is 45.5 Å². The fourth-order valence-corrected chi connectivity index (χ4v) is 4.23. The summed E-state index contributed by atoms with van der Waals surface area (Å²) in [6.45, 7) is -1.58. The van der Waals surface area contributed by atoms with Gasteiger partial charge in [0.25, 0.3) is 5.85 Å². The highest BCUT2D eigenvalue weighted by molar-refractivity contribution is 7.92. The van der Waals surface area contributed by atoms with Crippen molar-refractivity contribution in [2.24, 2.45) is 0 Å². The molecule has 1 aromatic heterocycles. The number of fused-ring (bicyclic) bond motifs is 1. The molecule has 0 fully saturated rings. The first-order chi connectivity index (χ1) is 16.5. The SMILES string of the molecule is CCC(OC1(F)CC=Cc2c1ncc(Cc1ccc(NS(C)(=O)=O)cc1)c2OC(F)F)C(=O)OC. The summed E-state index contributed by atoms with van der Waals surface area (Å²) in [5.74, 6) is -3.59. The van der Waals surface area contributed by atoms with Gasteiger partial charge in [0, 0.05) is 35.9 Å². The number of halogens is 3. The molecule has 1 aliphatic rings. The zero-order valence-electron chi connectivity index (χ0n) is 19.3. The number of pyridine rings is 1. The van der Waals surface area contributed by atoms with Crippen LogP contribution in [-0.2, 0) is 36.6 Å². The van der Waals surface area contributed by atoms with Gasteiger partial charge in [-0.3, -0.25) is 9.71 Å². The van der Waals surface area contributed by atoms with E-state index in [0.717, 1.165) is 13.4 Å². The molecule has 2 aromatic rings. The van der Waals surface area contributed by atoms with Gasteiger partial charge < -0.3 is 14.2 Å². The molecule has 0 radical (unpaired) electrons. The number of nitrogens with zero attached hydrogens (tertiary/aromatic N) is 1. The van der Waals surface area contributed by atoms with Crippen LogP contribution in [0.5, 0.6) is 5.75 Å². The first-order valence-electron chi connectivity index (χ1n) is 10.6. The number of rotatable bonds is 10. The second-order valence-corrected chi connectivity index (χ2v) is 9.62. The molecule has 0 amide bonds. The van der Waals surface area contributed by atoms with E-state index in [-0.39, 0.29) is 41.8 Å². The molecule has 0 saturated carbocycles. The van der Waals surface area contributed by atoms with Crippen molar-refractivity contribution in [3.05, 3.63) is 58.9 Å². The Morgan fingerprint density at radius 2 is 1.94 bits per heavy atom. The molecule has 0 aliphatic heterocycles. The fourth-order valence-electron chi connectivity index (χ4n) is 3.67. The quantitative estimate of drug-likeness (QED) is 0.475. The number of carbonyl (C=O) groups is 1. The minimum Gasteiger partial charge on any atom is -0.467 e. The van der Waals surface area contributed by atoms with Crippen molar-refractivity contribution in [2.45, 2.75) is 44.8 Å². The number of anilines is 1. The minimum absolute atomic E-state index is 0.0216. The molecule has 0 bridgehead atoms. The average molecular weight is 515 g/mol. The Bertz CT molecular complexity index is 1200. The van der Waals surface area contributed by atoms with Crippen molar-refractivity contribution in [3.8, 4) is 5.75 Å². The number of ether oxygens (including phenoxy) is 3. The molecule has 1 N–H and O–H groups in total. The maximum atomic E-state index is 15.9. The zero-order valence-corrected chi connectivity index (χ0v) is 20.1. The molecule has 35 heavy (non-hydrogen) atoms. The van der Waals surface area contributed by atoms with Gasteiger partial charge in [-0.15, -0.1) is 0 Å². The Morgan fingerprint density at radius 1 is 1.26 bits per heavy atom. The lowest BCUT2D eigenvalue weighted by Gasteiger charge is -2.32. The summed E-state index contributed by atoms with van der Waals surface area (Å²) in [5, 5.41) is 0. The summed E-state index contributed by atoms with van der Waals surface area (Å²) in [6, 6.07) is 6.27. The van der Waals surface area contributed by atoms with Crippen LogP contribution in [0.2, 0.25) is 0 Å². The lowest BCUT2D eigenvalue weighted by atomic mass is 9.93. The summed E-state index contributed by atoms with van der Waals surface area (Å²) in [5.41, 5.74) is 0.925. The number of benzene rings is 1. The molecular weight excluding hydrogens is 489 g/mol. The van der Waals surface area contributed by atoms with Gasteiger partial charge in [0.2, 0.25) is 10.0 Å². The number of alkyl halides is 3. The summed E-state index contributed by atoms with van der Waals surface area (Å²) in [7, 11) is -2.31. The first-order valence-corrected chi connectivity index (χ1v) is 12.5. The maximum Gasteiger partial charge on any atom is 0.387 e. The highest BCUT2D eigenvalue weighted by Crippen LogP contribution is 2.43. The zero-order chi connectivity index (χ0) is 25.8. The third kappa shape index (κ3) is 6.51. The monoisotopic (exact) mass is 514 g/mol. The third-order valence-corrected chi connectivity index (χ3v) is 5.79. The number of carbonyl (C=O) groups excluding carboxylic acids is 1. The van der Waals surface area contributed by atoms with Gasteiger partial charge in [0.1, 0.15) is 11.4 Å². The standard InChI is InChI=1S/C23H25F3N2O6S/c1-4-18(21(29)32-2)34-23(26)11-5-6-17-19(33-22(24)25)15(13-27-20(17)23)12-14-7-9-16(10-8-14)28-35(3,30)31/h5-10,13,18,22,28H,4,11-12H2,1-3H3. The molecule has 190 valence electrons. The van der Waals surface area contributed by atoms with Gasteiger partial charge in [0.15, 0.2) is 6.10 Å². The van der Waals surface area contributed by atoms with Crippen molar-refractivity contribution in [3.63, 3.8) is 0 Å². The topological polar surface area (TPSA) is 104 Å². The van der Waals surface area contributed by atoms with E-state index in [0.29, 0.717) is 11.3 Å². The van der Waals surface area contributed by atoms with Gasteiger partial charge >= 0.3 is 12.6 Å². The summed E-state index contributed by atoms with van der Waals surface area (Å²) in [6.07, 6.45) is 3.76. The Morgan fingerprint density at radius 3 is 2.51 bits per heavy atom. The van der Waals surface area contributed by atoms with Gasteiger partial charge in [-0.1, -0.05) is 31.2 Å². The highest BCUT2D eigenvalue weighted by Gasteiger charge is 2.43. The number of aromatic nitrogens is 1. The van der Waals surface area contributed by atoms with E-state index in [2.05, 4.69) is 14.4 Å². The molecule has 1 aromatic carbocycles. The smallest absolute Gasteiger partial charge is 0.387 e. The number of esters is 1. The number of nitrogens with one attached hydrogen (secondary N) is 1. The van der Waals surface area contributed by atoms with E-state index >= 15 is 4.39 Å². The molecule has 2 unspecified atom stereocenters. The Kier molecular flexibility index (Phi) is 8.06. The van der Waals surface area contributed by atoms with Crippen LogP contribution in [0.3, 0.4) is 0 Å². The van der Waals surface area contributed by atoms with Gasteiger partial charge in [-0.05, 0) is 24.1 Å². The van der Waals surface area contributed by atoms with Crippen molar-refractivity contribution in [2.75, 3.05) is 18.1 Å². The molecule has 12 heteroatoms. The summed E-state index contributed by atoms with van der Waals surface area (Å²) >= 11 is 0. The van der Waals surface area contributed by atoms with Crippen LogP contribution in [0.1, 0.15) is 42.1 Å². The Labute approximate surface area is 201 Å². The molecular formula is C23H25F3N2O6S. The normalized spacial score (nSPS) is 18.1. The van der Waals surface area contributed by atoms with E-state index in [1.807, 2.05) is 0 Å². The van der Waals surface area contributed by atoms with Crippen LogP contribution in [0.25, 0.3) is 6.08 Å². The fraction of sp³-hybridized carbons (Fsp3) is 0.391. The number of sulfonamides is 1. The second kappa shape index (κ2) is 10.6. The molecule has 2 atom stereocenters. The van der Waals surface area contributed by atoms with Gasteiger partial charge in [-0.25, -0.2) is 17.6 Å². The largest absolute Gasteiger partial charge is 0.467 e. The second-order valence-electron chi connectivity index (χ2n) is 7.87. The maximum absolute atomic E-state index is 15.9. The first kappa shape index (κ1) is 26.5. The van der Waals surface area contributed by atoms with Crippen LogP contribution in [0, 0.1) is 0 Å². The van der Waals surface area contributed by atoms with E-state index in [9.17, 15) is 22.0 Å². The van der Waals surface area contributed by atoms with Crippen molar-refractivity contribution < 1.29 is 40.6 Å². The van der Waals surface area contributed by atoms with E-state index in [1.165, 1.54) is 30.5 Å². The van der Waals surface area contributed by atoms with Crippen molar-refractivity contribution in [1.29, 1.82) is 0 Å². The van der Waals surface area contributed by atoms with Crippen molar-refractivity contribution in [1.82, 2.24) is 4.98 Å². The molecule has 0 spiro atoms. The minimum atomic E-state index is -3.46. The van der Waals surface area contributed by atoms with E-state index < -0.39 is 34.6 Å². The predicted molar refractivity (Wildman–Crippen MR) is 122 cm³/mol. The van der Waals surface area contributed by atoms with Crippen LogP contribution < -0.4 is 9.46 Å². The van der Waals surface area contributed by atoms with Crippen LogP contribution in [0.4, 0.5) is 18.9 Å². The van der Waals surface area contributed by atoms with Gasteiger partial charge in [0.05, 0.1) is 13.4 Å². The summed E-state index contributed by atoms with van der Waals surface area (Å²) < 4.78 is 82.4. The van der Waals surface area contributed by atoms with Gasteiger partial charge in [-0.2, -0.15) is 8.78 Å². The van der Waals surface area contributed by atoms with E-state index in [4.69, 9.17) is 9.47 Å². The number of hydrogen-bond donors (Lipinski definition) is 1. The van der Waals surface area contributed by atoms with Crippen LogP contribution in [0.15, 0.2) is 36.5 Å². The lowest BCUT2D eigenvalue weighted by molar-refractivity contribution is -0.205. The molecule has 1 aliphatic carbocycles. The van der Waals surface area contributed by atoms with Crippen LogP contribution >= 0.6 is 0 Å². The number of methoxy groups -OCH3 is 1. The molecule has 1 heterocycles. The predicted octanol–water partition coefficient (Wildman–Crippen LogP) is 4.15. The molecule has 3 rings (SSSR count). The van der Waals surface area contributed by atoms with Crippen molar-refractivity contribution >= 4 is 27.8 Å².